The Morgan fingerprint density at radius 2 is 1.62 bits per heavy atom. The predicted octanol–water partition coefficient (Wildman–Crippen LogP) is 5.83. The molecular formula is C31H34N4O3SSi. The third-order valence-corrected chi connectivity index (χ3v) is 14.2. The molecule has 1 aliphatic heterocycles. The van der Waals surface area contributed by atoms with Crippen molar-refractivity contribution in [2.24, 2.45) is 0 Å². The number of carbonyl (C=O) groups is 1. The number of aromatic nitrogens is 3. The molecule has 3 heterocycles. The molecule has 0 aliphatic carbocycles. The van der Waals surface area contributed by atoms with Crippen molar-refractivity contribution in [1.29, 1.82) is 0 Å². The van der Waals surface area contributed by atoms with Crippen LogP contribution in [0.25, 0.3) is 11.0 Å². The van der Waals surface area contributed by atoms with E-state index in [1.807, 2.05) is 12.1 Å². The van der Waals surface area contributed by atoms with E-state index < -0.39 is 18.1 Å². The van der Waals surface area contributed by atoms with Crippen LogP contribution in [0.2, 0.25) is 18.1 Å². The maximum atomic E-state index is 13.8. The van der Waals surface area contributed by atoms with E-state index in [-0.39, 0.29) is 32.8 Å². The molecular weight excluding hydrogens is 537 g/mol. The van der Waals surface area contributed by atoms with Gasteiger partial charge in [0.25, 0.3) is 10.0 Å². The van der Waals surface area contributed by atoms with E-state index in [1.54, 1.807) is 18.2 Å². The Hall–Kier alpha value is -3.74. The van der Waals surface area contributed by atoms with Gasteiger partial charge in [0.05, 0.1) is 10.3 Å². The van der Waals surface area contributed by atoms with Crippen molar-refractivity contribution in [1.82, 2.24) is 13.9 Å². The zero-order chi connectivity index (χ0) is 28.9. The fourth-order valence-electron chi connectivity index (χ4n) is 4.60. The molecule has 0 bridgehead atoms. The summed E-state index contributed by atoms with van der Waals surface area (Å²) in [6, 6.07) is 16.4. The number of hydrogen-bond donors (Lipinski definition) is 0. The van der Waals surface area contributed by atoms with Crippen LogP contribution >= 0.6 is 0 Å². The molecule has 0 amide bonds. The summed E-state index contributed by atoms with van der Waals surface area (Å²) in [5, 5.41) is 0.464. The van der Waals surface area contributed by atoms with E-state index >= 15 is 0 Å². The summed E-state index contributed by atoms with van der Waals surface area (Å²) in [4.78, 5) is 24.7. The minimum atomic E-state index is -4.04. The molecule has 4 aromatic rings. The van der Waals surface area contributed by atoms with Gasteiger partial charge in [-0.3, -0.25) is 4.79 Å². The maximum absolute atomic E-state index is 13.8. The van der Waals surface area contributed by atoms with Crippen LogP contribution in [0, 0.1) is 11.5 Å². The van der Waals surface area contributed by atoms with Crippen LogP contribution < -0.4 is 4.90 Å². The van der Waals surface area contributed by atoms with Gasteiger partial charge in [-0.05, 0) is 47.6 Å². The largest absolute Gasteiger partial charge is 0.351 e. The lowest BCUT2D eigenvalue weighted by Gasteiger charge is -2.31. The van der Waals surface area contributed by atoms with Gasteiger partial charge < -0.3 is 4.90 Å². The Morgan fingerprint density at radius 1 is 0.975 bits per heavy atom. The van der Waals surface area contributed by atoms with Gasteiger partial charge in [0, 0.05) is 24.8 Å². The quantitative estimate of drug-likeness (QED) is 0.174. The molecule has 5 rings (SSSR count). The van der Waals surface area contributed by atoms with Crippen molar-refractivity contribution in [2.45, 2.75) is 63.7 Å². The molecule has 0 fully saturated rings. The molecule has 0 saturated carbocycles. The average Bonchev–Trinajstić information content (AvgIpc) is 3.32. The van der Waals surface area contributed by atoms with Gasteiger partial charge in [-0.25, -0.2) is 22.4 Å². The Morgan fingerprint density at radius 3 is 2.27 bits per heavy atom. The summed E-state index contributed by atoms with van der Waals surface area (Å²) in [7, 11) is -6.05. The number of hydrogen-bond acceptors (Lipinski definition) is 6. The summed E-state index contributed by atoms with van der Waals surface area (Å²) >= 11 is 0. The van der Waals surface area contributed by atoms with Crippen LogP contribution in [0.1, 0.15) is 55.0 Å². The number of carbonyl (C=O) groups excluding carboxylic acids is 1. The van der Waals surface area contributed by atoms with Crippen LogP contribution in [-0.2, 0) is 23.0 Å². The van der Waals surface area contributed by atoms with Crippen LogP contribution in [0.4, 0.5) is 5.82 Å². The number of benzene rings is 2. The van der Waals surface area contributed by atoms with Gasteiger partial charge >= 0.3 is 0 Å². The van der Waals surface area contributed by atoms with Crippen molar-refractivity contribution in [2.75, 3.05) is 11.4 Å². The first-order valence-corrected chi connectivity index (χ1v) is 17.8. The lowest BCUT2D eigenvalue weighted by molar-refractivity contribution is 0.101. The molecule has 2 aromatic carbocycles. The molecule has 0 N–H and O–H groups in total. The normalized spacial score (nSPS) is 14.0. The first kappa shape index (κ1) is 27.8. The Kier molecular flexibility index (Phi) is 6.97. The third kappa shape index (κ3) is 4.98. The van der Waals surface area contributed by atoms with E-state index in [9.17, 15) is 13.2 Å². The van der Waals surface area contributed by atoms with Crippen LogP contribution in [0.15, 0.2) is 65.7 Å². The monoisotopic (exact) mass is 570 g/mol. The fraction of sp³-hybridized carbons (Fsp3) is 0.323. The number of nitrogens with zero attached hydrogens (tertiary/aromatic N) is 4. The SMILES string of the molecule is CC(=O)c1cn(S(=O)(=O)c2ccccc2)c2nc(C#C[Si](C)(C)C(C)(C)C)nc(N3CCc4ccccc4C3)c12. The summed E-state index contributed by atoms with van der Waals surface area (Å²) in [5.41, 5.74) is 6.35. The molecule has 0 radical (unpaired) electrons. The maximum Gasteiger partial charge on any atom is 0.269 e. The molecule has 206 valence electrons. The van der Waals surface area contributed by atoms with E-state index in [4.69, 9.17) is 9.97 Å². The molecule has 0 unspecified atom stereocenters. The molecule has 7 nitrogen and oxygen atoms in total. The summed E-state index contributed by atoms with van der Waals surface area (Å²) in [6.45, 7) is 13.7. The molecule has 40 heavy (non-hydrogen) atoms. The summed E-state index contributed by atoms with van der Waals surface area (Å²) in [5.74, 6) is 3.74. The van der Waals surface area contributed by atoms with Gasteiger partial charge in [0.15, 0.2) is 11.4 Å². The number of rotatable bonds is 4. The predicted molar refractivity (Wildman–Crippen MR) is 162 cm³/mol. The molecule has 0 atom stereocenters. The highest BCUT2D eigenvalue weighted by atomic mass is 32.2. The van der Waals surface area contributed by atoms with E-state index in [0.717, 1.165) is 10.4 Å². The molecule has 2 aromatic heterocycles. The van der Waals surface area contributed by atoms with Crippen molar-refractivity contribution in [3.05, 3.63) is 83.3 Å². The summed E-state index contributed by atoms with van der Waals surface area (Å²) in [6.07, 6.45) is 2.20. The van der Waals surface area contributed by atoms with Gasteiger partial charge in [0.2, 0.25) is 5.82 Å². The van der Waals surface area contributed by atoms with Crippen LogP contribution in [0.3, 0.4) is 0 Å². The second-order valence-electron chi connectivity index (χ2n) is 11.8. The average molecular weight is 571 g/mol. The van der Waals surface area contributed by atoms with Crippen molar-refractivity contribution < 1.29 is 13.2 Å². The lowest BCUT2D eigenvalue weighted by atomic mass is 9.99. The van der Waals surface area contributed by atoms with Gasteiger partial charge in [-0.15, -0.1) is 5.54 Å². The number of anilines is 1. The Balaban J connectivity index is 1.79. The number of Topliss-reactive ketones (excluding diaryl/α,β-unsaturated/α-hetero) is 1. The number of fused-ring (bicyclic) bond motifs is 2. The first-order valence-electron chi connectivity index (χ1n) is 13.4. The van der Waals surface area contributed by atoms with Crippen LogP contribution in [0.5, 0.6) is 0 Å². The smallest absolute Gasteiger partial charge is 0.269 e. The van der Waals surface area contributed by atoms with E-state index in [1.165, 1.54) is 36.4 Å². The Bertz CT molecular complexity index is 1790. The van der Waals surface area contributed by atoms with Gasteiger partial charge in [0.1, 0.15) is 13.9 Å². The second-order valence-corrected chi connectivity index (χ2v) is 18.7. The van der Waals surface area contributed by atoms with Gasteiger partial charge in [-0.1, -0.05) is 76.3 Å². The zero-order valence-electron chi connectivity index (χ0n) is 23.8. The minimum Gasteiger partial charge on any atom is -0.351 e. The second kappa shape index (κ2) is 10.0. The standard InChI is InChI=1S/C31H34N4O3SSi/c1-22(36)26-21-35(39(37,38)25-14-8-7-9-15-25)30-28(26)29(34-18-16-23-12-10-11-13-24(23)20-34)32-27(33-30)17-19-40(5,6)31(2,3)4/h7-15,21H,16,18,20H2,1-6H3. The van der Waals surface area contributed by atoms with Crippen LogP contribution in [-0.4, -0.2) is 42.8 Å². The molecule has 1 aliphatic rings. The molecule has 0 saturated heterocycles. The zero-order valence-corrected chi connectivity index (χ0v) is 25.6. The molecule has 9 heteroatoms. The first-order chi connectivity index (χ1) is 18.8. The minimum absolute atomic E-state index is 0.0299. The highest BCUT2D eigenvalue weighted by Gasteiger charge is 2.34. The van der Waals surface area contributed by atoms with E-state index in [2.05, 4.69) is 62.4 Å². The van der Waals surface area contributed by atoms with E-state index in [0.29, 0.717) is 24.3 Å². The highest BCUT2D eigenvalue weighted by Crippen LogP contribution is 2.36. The number of ketones is 1. The molecule has 0 spiro atoms. The summed E-state index contributed by atoms with van der Waals surface area (Å²) < 4.78 is 28.8. The van der Waals surface area contributed by atoms with Crippen molar-refractivity contribution >= 4 is 40.7 Å². The Labute approximate surface area is 237 Å². The van der Waals surface area contributed by atoms with Crippen molar-refractivity contribution in [3.8, 4) is 11.5 Å². The highest BCUT2D eigenvalue weighted by molar-refractivity contribution is 7.90. The van der Waals surface area contributed by atoms with Crippen molar-refractivity contribution in [3.63, 3.8) is 0 Å². The third-order valence-electron chi connectivity index (χ3n) is 8.07. The fourth-order valence-corrected chi connectivity index (χ4v) is 6.73. The van der Waals surface area contributed by atoms with Gasteiger partial charge in [-0.2, -0.15) is 0 Å². The lowest BCUT2D eigenvalue weighted by Crippen LogP contribution is -2.35. The topological polar surface area (TPSA) is 85.2 Å².